The average molecular weight is 376 g/mol. The standard InChI is InChI=1S/C20H25F5O/c1-2-3-4-5-14-6-8-15(9-7-14)10-11-16-12-17(21)19(18(22)13-16)26-20(23,24)25/h2,12-15H,1,3-11H2/t14-,15-. The zero-order chi connectivity index (χ0) is 19.2. The fourth-order valence-electron chi connectivity index (χ4n) is 3.70. The lowest BCUT2D eigenvalue weighted by Crippen LogP contribution is -2.19. The number of rotatable bonds is 8. The molecule has 0 aliphatic heterocycles. The predicted octanol–water partition coefficient (Wildman–Crippen LogP) is 6.96. The molecule has 0 unspecified atom stereocenters. The molecule has 0 saturated heterocycles. The second kappa shape index (κ2) is 9.38. The number of alkyl halides is 3. The first-order chi connectivity index (χ1) is 12.3. The van der Waals surface area contributed by atoms with Gasteiger partial charge in [0.05, 0.1) is 0 Å². The Balaban J connectivity index is 1.82. The highest BCUT2D eigenvalue weighted by Gasteiger charge is 2.34. The van der Waals surface area contributed by atoms with E-state index < -0.39 is 23.7 Å². The maximum Gasteiger partial charge on any atom is 0.573 e. The van der Waals surface area contributed by atoms with Crippen LogP contribution in [-0.4, -0.2) is 6.36 Å². The minimum absolute atomic E-state index is 0.364. The lowest BCUT2D eigenvalue weighted by atomic mass is 9.78. The van der Waals surface area contributed by atoms with E-state index in [4.69, 9.17) is 0 Å². The van der Waals surface area contributed by atoms with Gasteiger partial charge in [-0.1, -0.05) is 38.2 Å². The Morgan fingerprint density at radius 1 is 1.00 bits per heavy atom. The monoisotopic (exact) mass is 376 g/mol. The van der Waals surface area contributed by atoms with E-state index in [9.17, 15) is 22.0 Å². The largest absolute Gasteiger partial charge is 0.573 e. The van der Waals surface area contributed by atoms with Gasteiger partial charge in [-0.3, -0.25) is 0 Å². The summed E-state index contributed by atoms with van der Waals surface area (Å²) < 4.78 is 67.4. The minimum Gasteiger partial charge on any atom is -0.399 e. The van der Waals surface area contributed by atoms with Gasteiger partial charge in [-0.25, -0.2) is 8.78 Å². The molecule has 6 heteroatoms. The van der Waals surface area contributed by atoms with E-state index in [1.807, 2.05) is 6.08 Å². The van der Waals surface area contributed by atoms with Gasteiger partial charge >= 0.3 is 6.36 Å². The maximum atomic E-state index is 13.7. The van der Waals surface area contributed by atoms with Crippen molar-refractivity contribution in [1.29, 1.82) is 0 Å². The van der Waals surface area contributed by atoms with Gasteiger partial charge in [0.25, 0.3) is 0 Å². The predicted molar refractivity (Wildman–Crippen MR) is 90.9 cm³/mol. The maximum absolute atomic E-state index is 13.7. The molecule has 0 radical (unpaired) electrons. The van der Waals surface area contributed by atoms with Crippen LogP contribution in [0.25, 0.3) is 0 Å². The lowest BCUT2D eigenvalue weighted by molar-refractivity contribution is -0.276. The van der Waals surface area contributed by atoms with E-state index in [2.05, 4.69) is 11.3 Å². The number of allylic oxidation sites excluding steroid dienone is 1. The van der Waals surface area contributed by atoms with Crippen molar-refractivity contribution in [2.24, 2.45) is 11.8 Å². The molecule has 0 amide bonds. The molecule has 0 heterocycles. The lowest BCUT2D eigenvalue weighted by Gasteiger charge is -2.28. The average Bonchev–Trinajstić information content (AvgIpc) is 2.57. The van der Waals surface area contributed by atoms with Gasteiger partial charge in [-0.05, 0) is 55.2 Å². The Hall–Kier alpha value is -1.59. The molecule has 1 aromatic rings. The molecule has 26 heavy (non-hydrogen) atoms. The van der Waals surface area contributed by atoms with Crippen molar-refractivity contribution in [3.63, 3.8) is 0 Å². The van der Waals surface area contributed by atoms with Gasteiger partial charge in [0.2, 0.25) is 5.75 Å². The number of unbranched alkanes of at least 4 members (excludes halogenated alkanes) is 1. The van der Waals surface area contributed by atoms with E-state index in [0.717, 1.165) is 43.7 Å². The number of halogens is 5. The van der Waals surface area contributed by atoms with Crippen molar-refractivity contribution in [3.05, 3.63) is 42.0 Å². The second-order valence-electron chi connectivity index (χ2n) is 7.08. The van der Waals surface area contributed by atoms with Crippen LogP contribution in [0.15, 0.2) is 24.8 Å². The topological polar surface area (TPSA) is 9.23 Å². The molecular formula is C20H25F5O. The molecule has 0 N–H and O–H groups in total. The van der Waals surface area contributed by atoms with E-state index in [1.54, 1.807) is 0 Å². The highest BCUT2D eigenvalue weighted by molar-refractivity contribution is 5.31. The SMILES string of the molecule is C=CCCC[C@H]1CC[C@H](CCc2cc(F)c(OC(F)(F)F)c(F)c2)CC1. The van der Waals surface area contributed by atoms with Crippen LogP contribution in [0.1, 0.15) is 56.9 Å². The molecule has 0 bridgehead atoms. The molecule has 0 atom stereocenters. The quantitative estimate of drug-likeness (QED) is 0.271. The molecule has 1 aromatic carbocycles. The summed E-state index contributed by atoms with van der Waals surface area (Å²) in [5, 5.41) is 0. The molecule has 1 nitrogen and oxygen atoms in total. The normalized spacial score (nSPS) is 20.8. The van der Waals surface area contributed by atoms with Crippen LogP contribution in [0.2, 0.25) is 0 Å². The molecule has 146 valence electrons. The van der Waals surface area contributed by atoms with E-state index >= 15 is 0 Å². The fraction of sp³-hybridized carbons (Fsp3) is 0.600. The molecule has 1 saturated carbocycles. The van der Waals surface area contributed by atoms with Crippen LogP contribution < -0.4 is 4.74 Å². The van der Waals surface area contributed by atoms with Crippen molar-refractivity contribution in [2.75, 3.05) is 0 Å². The van der Waals surface area contributed by atoms with Gasteiger partial charge in [0, 0.05) is 0 Å². The van der Waals surface area contributed by atoms with Crippen molar-refractivity contribution < 1.29 is 26.7 Å². The summed E-state index contributed by atoms with van der Waals surface area (Å²) in [6.07, 6.45) is 6.03. The van der Waals surface area contributed by atoms with Crippen LogP contribution >= 0.6 is 0 Å². The van der Waals surface area contributed by atoms with Crippen molar-refractivity contribution in [1.82, 2.24) is 0 Å². The molecule has 0 aromatic heterocycles. The van der Waals surface area contributed by atoms with E-state index in [0.29, 0.717) is 17.9 Å². The van der Waals surface area contributed by atoms with Gasteiger partial charge in [-0.15, -0.1) is 19.8 Å². The Morgan fingerprint density at radius 2 is 1.54 bits per heavy atom. The Morgan fingerprint density at radius 3 is 2.04 bits per heavy atom. The number of aryl methyl sites for hydroxylation is 1. The summed E-state index contributed by atoms with van der Waals surface area (Å²) in [7, 11) is 0. The first-order valence-corrected chi connectivity index (χ1v) is 9.13. The van der Waals surface area contributed by atoms with Crippen LogP contribution in [0.4, 0.5) is 22.0 Å². The van der Waals surface area contributed by atoms with Gasteiger partial charge in [0.15, 0.2) is 11.6 Å². The van der Waals surface area contributed by atoms with Crippen molar-refractivity contribution in [2.45, 2.75) is 64.1 Å². The van der Waals surface area contributed by atoms with Gasteiger partial charge < -0.3 is 4.74 Å². The molecule has 2 rings (SSSR count). The minimum atomic E-state index is -5.12. The molecule has 1 fully saturated rings. The third-order valence-corrected chi connectivity index (χ3v) is 5.10. The number of hydrogen-bond donors (Lipinski definition) is 0. The first kappa shape index (κ1) is 20.7. The van der Waals surface area contributed by atoms with Crippen LogP contribution in [0.3, 0.4) is 0 Å². The highest BCUT2D eigenvalue weighted by atomic mass is 19.4. The number of benzene rings is 1. The Labute approximate surface area is 151 Å². The fourth-order valence-corrected chi connectivity index (χ4v) is 3.70. The van der Waals surface area contributed by atoms with Crippen LogP contribution in [0, 0.1) is 23.5 Å². The molecular weight excluding hydrogens is 351 g/mol. The zero-order valence-electron chi connectivity index (χ0n) is 14.8. The van der Waals surface area contributed by atoms with Gasteiger partial charge in [-0.2, -0.15) is 0 Å². The molecule has 0 spiro atoms. The second-order valence-corrected chi connectivity index (χ2v) is 7.08. The first-order valence-electron chi connectivity index (χ1n) is 9.13. The summed E-state index contributed by atoms with van der Waals surface area (Å²) in [5.74, 6) is -2.77. The van der Waals surface area contributed by atoms with Crippen molar-refractivity contribution in [3.8, 4) is 5.75 Å². The highest BCUT2D eigenvalue weighted by Crippen LogP contribution is 2.35. The Bertz CT molecular complexity index is 565. The van der Waals surface area contributed by atoms with E-state index in [1.165, 1.54) is 25.7 Å². The summed E-state index contributed by atoms with van der Waals surface area (Å²) in [6, 6.07) is 1.87. The number of ether oxygens (including phenoxy) is 1. The molecule has 1 aliphatic carbocycles. The molecule has 1 aliphatic rings. The third-order valence-electron chi connectivity index (χ3n) is 5.10. The Kier molecular flexibility index (Phi) is 7.47. The summed E-state index contributed by atoms with van der Waals surface area (Å²) in [6.45, 7) is 3.73. The zero-order valence-corrected chi connectivity index (χ0v) is 14.8. The smallest absolute Gasteiger partial charge is 0.399 e. The van der Waals surface area contributed by atoms with Crippen LogP contribution in [-0.2, 0) is 6.42 Å². The third kappa shape index (κ3) is 6.61. The summed E-state index contributed by atoms with van der Waals surface area (Å²) >= 11 is 0. The van der Waals surface area contributed by atoms with Crippen LogP contribution in [0.5, 0.6) is 5.75 Å². The van der Waals surface area contributed by atoms with E-state index in [-0.39, 0.29) is 0 Å². The van der Waals surface area contributed by atoms with Gasteiger partial charge in [0.1, 0.15) is 0 Å². The summed E-state index contributed by atoms with van der Waals surface area (Å²) in [5.41, 5.74) is 0.364. The number of hydrogen-bond acceptors (Lipinski definition) is 1. The summed E-state index contributed by atoms with van der Waals surface area (Å²) in [4.78, 5) is 0. The van der Waals surface area contributed by atoms with Crippen molar-refractivity contribution >= 4 is 0 Å².